The molecule has 0 unspecified atom stereocenters. The van der Waals surface area contributed by atoms with Crippen molar-refractivity contribution in [2.24, 2.45) is 0 Å². The zero-order valence-electron chi connectivity index (χ0n) is 17.5. The number of nitro groups is 1. The van der Waals surface area contributed by atoms with Crippen LogP contribution in [0.5, 0.6) is 11.6 Å². The number of aryl methyl sites for hydroxylation is 1. The number of hydrogen-bond donors (Lipinski definition) is 0. The van der Waals surface area contributed by atoms with Crippen molar-refractivity contribution >= 4 is 29.1 Å². The molecular formula is C21H21ClN4O6. The maximum Gasteiger partial charge on any atom is 0.373 e. The Hall–Kier alpha value is -3.66. The lowest BCUT2D eigenvalue weighted by atomic mass is 10.2. The van der Waals surface area contributed by atoms with Crippen LogP contribution in [0.4, 0.5) is 11.5 Å². The van der Waals surface area contributed by atoms with Gasteiger partial charge in [0.25, 0.3) is 0 Å². The number of esters is 1. The number of ether oxygens (including phenoxy) is 2. The molecule has 0 atom stereocenters. The van der Waals surface area contributed by atoms with Gasteiger partial charge in [-0.1, -0.05) is 17.7 Å². The highest BCUT2D eigenvalue weighted by Gasteiger charge is 2.30. The van der Waals surface area contributed by atoms with Crippen LogP contribution < -0.4 is 9.64 Å². The third-order valence-electron chi connectivity index (χ3n) is 4.36. The van der Waals surface area contributed by atoms with E-state index in [1.807, 2.05) is 6.92 Å². The molecular weight excluding hydrogens is 440 g/mol. The van der Waals surface area contributed by atoms with Crippen LogP contribution >= 0.6 is 11.6 Å². The van der Waals surface area contributed by atoms with Crippen LogP contribution in [0.1, 0.15) is 24.7 Å². The van der Waals surface area contributed by atoms with Gasteiger partial charge in [0.15, 0.2) is 0 Å². The Morgan fingerprint density at radius 2 is 2.12 bits per heavy atom. The molecule has 0 saturated heterocycles. The van der Waals surface area contributed by atoms with Gasteiger partial charge in [0.2, 0.25) is 5.82 Å². The Kier molecular flexibility index (Phi) is 7.61. The van der Waals surface area contributed by atoms with Gasteiger partial charge in [0, 0.05) is 6.54 Å². The average Bonchev–Trinajstić information content (AvgIpc) is 3.26. The fourth-order valence-corrected chi connectivity index (χ4v) is 3.20. The van der Waals surface area contributed by atoms with Gasteiger partial charge in [-0.15, -0.1) is 0 Å². The summed E-state index contributed by atoms with van der Waals surface area (Å²) in [6.07, 6.45) is 2.64. The number of aromatic nitrogens is 2. The van der Waals surface area contributed by atoms with Crippen molar-refractivity contribution < 1.29 is 23.6 Å². The van der Waals surface area contributed by atoms with E-state index >= 15 is 0 Å². The maximum atomic E-state index is 12.0. The number of benzene rings is 1. The summed E-state index contributed by atoms with van der Waals surface area (Å²) < 4.78 is 16.0. The summed E-state index contributed by atoms with van der Waals surface area (Å²) in [6.45, 7) is 4.03. The normalized spacial score (nSPS) is 10.6. The fraction of sp³-hybridized carbons (Fsp3) is 0.286. The molecule has 0 N–H and O–H groups in total. The zero-order chi connectivity index (χ0) is 23.1. The van der Waals surface area contributed by atoms with Crippen LogP contribution in [-0.4, -0.2) is 34.0 Å². The first-order valence-electron chi connectivity index (χ1n) is 9.75. The van der Waals surface area contributed by atoms with Crippen LogP contribution in [0.25, 0.3) is 0 Å². The number of anilines is 1. The van der Waals surface area contributed by atoms with Gasteiger partial charge in [-0.3, -0.25) is 14.9 Å². The lowest BCUT2D eigenvalue weighted by Crippen LogP contribution is -2.28. The molecule has 32 heavy (non-hydrogen) atoms. The molecule has 2 heterocycles. The topological polar surface area (TPSA) is 121 Å². The minimum atomic E-state index is -0.633. The lowest BCUT2D eigenvalue weighted by molar-refractivity contribution is -0.385. The van der Waals surface area contributed by atoms with E-state index in [-0.39, 0.29) is 48.6 Å². The van der Waals surface area contributed by atoms with E-state index in [1.165, 1.54) is 6.26 Å². The highest BCUT2D eigenvalue weighted by atomic mass is 35.5. The van der Waals surface area contributed by atoms with Crippen LogP contribution in [0.15, 0.2) is 47.3 Å². The van der Waals surface area contributed by atoms with Crippen molar-refractivity contribution in [2.75, 3.05) is 18.1 Å². The van der Waals surface area contributed by atoms with Crippen LogP contribution in [0, 0.1) is 17.0 Å². The second kappa shape index (κ2) is 10.6. The maximum absolute atomic E-state index is 12.0. The number of hydrogen-bond acceptors (Lipinski definition) is 9. The van der Waals surface area contributed by atoms with Crippen molar-refractivity contribution in [2.45, 2.75) is 26.8 Å². The van der Waals surface area contributed by atoms with Crippen molar-refractivity contribution in [3.05, 3.63) is 69.4 Å². The van der Waals surface area contributed by atoms with Gasteiger partial charge in [-0.05, 0) is 43.7 Å². The van der Waals surface area contributed by atoms with Crippen molar-refractivity contribution in [3.63, 3.8) is 0 Å². The van der Waals surface area contributed by atoms with Crippen molar-refractivity contribution in [1.29, 1.82) is 0 Å². The highest BCUT2D eigenvalue weighted by molar-refractivity contribution is 6.32. The molecule has 3 aromatic rings. The summed E-state index contributed by atoms with van der Waals surface area (Å²) in [5.41, 5.74) is 0.448. The number of nitrogens with zero attached hydrogens (tertiary/aromatic N) is 4. The molecule has 11 heteroatoms. The van der Waals surface area contributed by atoms with Gasteiger partial charge >= 0.3 is 17.5 Å². The highest BCUT2D eigenvalue weighted by Crippen LogP contribution is 2.38. The summed E-state index contributed by atoms with van der Waals surface area (Å²) in [7, 11) is 0. The summed E-state index contributed by atoms with van der Waals surface area (Å²) in [5, 5.41) is 12.3. The number of furan rings is 1. The summed E-state index contributed by atoms with van der Waals surface area (Å²) in [5.74, 6) is 0.0202. The molecule has 0 aliphatic rings. The minimum Gasteiger partial charge on any atom is -0.467 e. The first-order valence-corrected chi connectivity index (χ1v) is 10.1. The van der Waals surface area contributed by atoms with E-state index in [0.29, 0.717) is 5.76 Å². The first kappa shape index (κ1) is 23.0. The quantitative estimate of drug-likeness (QED) is 0.241. The van der Waals surface area contributed by atoms with Gasteiger partial charge in [0.1, 0.15) is 17.8 Å². The monoisotopic (exact) mass is 460 g/mol. The molecule has 2 aromatic heterocycles. The van der Waals surface area contributed by atoms with Crippen molar-refractivity contribution in [1.82, 2.24) is 9.97 Å². The second-order valence-electron chi connectivity index (χ2n) is 6.70. The smallest absolute Gasteiger partial charge is 0.373 e. The first-order chi connectivity index (χ1) is 15.4. The molecule has 0 bridgehead atoms. The molecule has 0 radical (unpaired) electrons. The zero-order valence-corrected chi connectivity index (χ0v) is 18.2. The summed E-state index contributed by atoms with van der Waals surface area (Å²) in [6, 6.07) is 8.45. The van der Waals surface area contributed by atoms with Gasteiger partial charge in [-0.2, -0.15) is 4.98 Å². The fourth-order valence-electron chi connectivity index (χ4n) is 2.92. The Balaban J connectivity index is 1.98. The minimum absolute atomic E-state index is 0.00428. The van der Waals surface area contributed by atoms with E-state index < -0.39 is 16.6 Å². The molecule has 1 aromatic carbocycles. The molecule has 0 fully saturated rings. The number of rotatable bonds is 10. The summed E-state index contributed by atoms with van der Waals surface area (Å²) in [4.78, 5) is 32.9. The van der Waals surface area contributed by atoms with Gasteiger partial charge in [0.05, 0.1) is 35.8 Å². The number of carbonyl (C=O) groups excluding carboxylic acids is 1. The molecule has 0 aliphatic heterocycles. The Bertz CT molecular complexity index is 1090. The molecule has 168 valence electrons. The Morgan fingerprint density at radius 1 is 1.31 bits per heavy atom. The Labute approximate surface area is 188 Å². The molecule has 10 nitrogen and oxygen atoms in total. The van der Waals surface area contributed by atoms with E-state index in [0.717, 1.165) is 11.9 Å². The van der Waals surface area contributed by atoms with Crippen LogP contribution in [-0.2, 0) is 16.1 Å². The largest absolute Gasteiger partial charge is 0.467 e. The average molecular weight is 461 g/mol. The van der Waals surface area contributed by atoms with E-state index in [1.54, 1.807) is 42.2 Å². The summed E-state index contributed by atoms with van der Waals surface area (Å²) >= 11 is 6.21. The predicted octanol–water partition coefficient (Wildman–Crippen LogP) is 4.69. The number of halogens is 1. The molecule has 3 rings (SSSR count). The van der Waals surface area contributed by atoms with E-state index in [2.05, 4.69) is 9.97 Å². The van der Waals surface area contributed by atoms with E-state index in [4.69, 9.17) is 25.5 Å². The molecule has 0 aliphatic carbocycles. The van der Waals surface area contributed by atoms with Crippen LogP contribution in [0.2, 0.25) is 5.02 Å². The molecule has 0 spiro atoms. The standard InChI is InChI=1S/C21H21ClN4O6/c1-3-30-18(27)8-9-25(12-15-5-4-10-31-15)20-19(26(28)29)21(24-13-23-20)32-17-7-6-14(2)11-16(17)22/h4-7,10-11,13H,3,8-9,12H2,1-2H3. The number of carbonyl (C=O) groups is 1. The second-order valence-corrected chi connectivity index (χ2v) is 7.11. The van der Waals surface area contributed by atoms with Gasteiger partial charge in [-0.25, -0.2) is 4.98 Å². The third-order valence-corrected chi connectivity index (χ3v) is 4.66. The van der Waals surface area contributed by atoms with Crippen molar-refractivity contribution in [3.8, 4) is 11.6 Å². The SMILES string of the molecule is CCOC(=O)CCN(Cc1ccco1)c1ncnc(Oc2ccc(C)cc2Cl)c1[N+](=O)[O-]. The predicted molar refractivity (Wildman–Crippen MR) is 116 cm³/mol. The Morgan fingerprint density at radius 3 is 2.78 bits per heavy atom. The van der Waals surface area contributed by atoms with E-state index in [9.17, 15) is 14.9 Å². The molecule has 0 amide bonds. The third kappa shape index (κ3) is 5.73. The van der Waals surface area contributed by atoms with Gasteiger partial charge < -0.3 is 18.8 Å². The lowest BCUT2D eigenvalue weighted by Gasteiger charge is -2.22. The molecule has 0 saturated carbocycles. The van der Waals surface area contributed by atoms with Crippen LogP contribution in [0.3, 0.4) is 0 Å².